The van der Waals surface area contributed by atoms with Crippen LogP contribution in [-0.2, 0) is 24.1 Å². The summed E-state index contributed by atoms with van der Waals surface area (Å²) in [6, 6.07) is 0. The second kappa shape index (κ2) is 11.3. The normalized spacial score (nSPS) is 15.1. The third kappa shape index (κ3) is 9.14. The lowest BCUT2D eigenvalue weighted by Crippen LogP contribution is -2.49. The lowest BCUT2D eigenvalue weighted by molar-refractivity contribution is 0.0476. The van der Waals surface area contributed by atoms with Gasteiger partial charge in [0.1, 0.15) is 17.2 Å². The molecule has 0 saturated heterocycles. The van der Waals surface area contributed by atoms with Gasteiger partial charge in [-0.2, -0.15) is 0 Å². The fourth-order valence-corrected chi connectivity index (χ4v) is 3.42. The molecule has 0 spiro atoms. The van der Waals surface area contributed by atoms with Gasteiger partial charge >= 0.3 is 6.09 Å². The van der Waals surface area contributed by atoms with E-state index in [2.05, 4.69) is 35.7 Å². The first kappa shape index (κ1) is 24.9. The molecule has 0 atom stereocenters. The van der Waals surface area contributed by atoms with Gasteiger partial charge in [-0.05, 0) is 60.8 Å². The number of hydrogen-bond donors (Lipinski definition) is 3. The molecule has 1 aromatic rings. The van der Waals surface area contributed by atoms with Gasteiger partial charge in [0.15, 0.2) is 5.96 Å². The summed E-state index contributed by atoms with van der Waals surface area (Å²) in [6.45, 7) is 14.5. The lowest BCUT2D eigenvalue weighted by Gasteiger charge is -2.27. The van der Waals surface area contributed by atoms with Crippen molar-refractivity contribution < 1.29 is 9.53 Å². The molecule has 0 aliphatic carbocycles. The number of nitrogens with zero attached hydrogens (tertiary/aromatic N) is 4. The smallest absolute Gasteiger partial charge is 0.408 e. The van der Waals surface area contributed by atoms with Gasteiger partial charge in [-0.25, -0.2) is 4.79 Å². The van der Waals surface area contributed by atoms with E-state index in [1.165, 1.54) is 19.3 Å². The Balaban J connectivity index is 1.82. The molecule has 0 aromatic carbocycles. The Bertz CT molecular complexity index is 735. The van der Waals surface area contributed by atoms with Gasteiger partial charge in [0.25, 0.3) is 0 Å². The second-order valence-corrected chi connectivity index (χ2v) is 9.73. The van der Waals surface area contributed by atoms with E-state index in [0.29, 0.717) is 6.54 Å². The Morgan fingerprint density at radius 3 is 2.61 bits per heavy atom. The van der Waals surface area contributed by atoms with Crippen LogP contribution in [0.4, 0.5) is 4.79 Å². The summed E-state index contributed by atoms with van der Waals surface area (Å²) in [5, 5.41) is 18.3. The summed E-state index contributed by atoms with van der Waals surface area (Å²) >= 11 is 0. The standard InChI is InChI=1S/C22H41N7O2/c1-7-23-19(25-16-22(5,6)26-20(30)31-21(2,3)4)24-14-11-13-18-28-27-17-12-9-8-10-15-29(17)18/h7-16H2,1-6H3,(H,26,30)(H2,23,24,25). The molecule has 9 nitrogen and oxygen atoms in total. The first-order valence-corrected chi connectivity index (χ1v) is 11.5. The number of aryl methyl sites for hydroxylation is 2. The number of aliphatic imine (C=N–C) groups is 1. The molecular formula is C22H41N7O2. The Kier molecular flexibility index (Phi) is 9.13. The summed E-state index contributed by atoms with van der Waals surface area (Å²) < 4.78 is 7.65. The van der Waals surface area contributed by atoms with Gasteiger partial charge < -0.3 is 25.3 Å². The number of amides is 1. The second-order valence-electron chi connectivity index (χ2n) is 9.73. The number of ether oxygens (including phenoxy) is 1. The van der Waals surface area contributed by atoms with Crippen LogP contribution in [0.3, 0.4) is 0 Å². The fourth-order valence-electron chi connectivity index (χ4n) is 3.42. The van der Waals surface area contributed by atoms with Crippen molar-refractivity contribution in [3.63, 3.8) is 0 Å². The van der Waals surface area contributed by atoms with Crippen LogP contribution < -0.4 is 16.0 Å². The Hall–Kier alpha value is -2.32. The van der Waals surface area contributed by atoms with Crippen LogP contribution in [0.1, 0.15) is 78.9 Å². The van der Waals surface area contributed by atoms with Gasteiger partial charge in [-0.3, -0.25) is 4.99 Å². The minimum Gasteiger partial charge on any atom is -0.444 e. The molecule has 1 aromatic heterocycles. The van der Waals surface area contributed by atoms with Crippen LogP contribution in [0.2, 0.25) is 0 Å². The average molecular weight is 436 g/mol. The topological polar surface area (TPSA) is 105 Å². The van der Waals surface area contributed by atoms with Gasteiger partial charge in [-0.15, -0.1) is 10.2 Å². The maximum atomic E-state index is 12.1. The van der Waals surface area contributed by atoms with Gasteiger partial charge in [0, 0.05) is 32.5 Å². The summed E-state index contributed by atoms with van der Waals surface area (Å²) in [7, 11) is 0. The molecule has 2 heterocycles. The minimum atomic E-state index is -0.525. The molecule has 0 saturated carbocycles. The lowest BCUT2D eigenvalue weighted by atomic mass is 10.1. The minimum absolute atomic E-state index is 0.430. The number of alkyl carbamates (subject to hydrolysis) is 1. The SMILES string of the molecule is CCNC(=NCC(C)(C)NC(=O)OC(C)(C)C)NCCCc1nnc2n1CCCCC2. The molecule has 1 amide bonds. The highest BCUT2D eigenvalue weighted by Gasteiger charge is 2.24. The van der Waals surface area contributed by atoms with E-state index in [1.54, 1.807) is 0 Å². The largest absolute Gasteiger partial charge is 0.444 e. The number of hydrogen-bond acceptors (Lipinski definition) is 5. The van der Waals surface area contributed by atoms with E-state index in [1.807, 2.05) is 41.5 Å². The van der Waals surface area contributed by atoms with Gasteiger partial charge in [0.2, 0.25) is 0 Å². The van der Waals surface area contributed by atoms with Crippen molar-refractivity contribution in [2.75, 3.05) is 19.6 Å². The van der Waals surface area contributed by atoms with Crippen molar-refractivity contribution in [3.8, 4) is 0 Å². The number of fused-ring (bicyclic) bond motifs is 1. The maximum Gasteiger partial charge on any atom is 0.408 e. The highest BCUT2D eigenvalue weighted by Crippen LogP contribution is 2.15. The molecule has 0 fully saturated rings. The summed E-state index contributed by atoms with van der Waals surface area (Å²) in [5.41, 5.74) is -1.05. The molecule has 0 unspecified atom stereocenters. The van der Waals surface area contributed by atoms with Crippen LogP contribution in [0.15, 0.2) is 4.99 Å². The summed E-state index contributed by atoms with van der Waals surface area (Å²) in [4.78, 5) is 16.7. The highest BCUT2D eigenvalue weighted by molar-refractivity contribution is 5.79. The van der Waals surface area contributed by atoms with Crippen LogP contribution >= 0.6 is 0 Å². The van der Waals surface area contributed by atoms with Crippen LogP contribution in [-0.4, -0.2) is 57.6 Å². The summed E-state index contributed by atoms with van der Waals surface area (Å²) in [5.74, 6) is 2.96. The van der Waals surface area contributed by atoms with Crippen molar-refractivity contribution in [3.05, 3.63) is 11.6 Å². The van der Waals surface area contributed by atoms with E-state index >= 15 is 0 Å². The number of carbonyl (C=O) groups excluding carboxylic acids is 1. The Labute approximate surface area is 186 Å². The predicted octanol–water partition coefficient (Wildman–Crippen LogP) is 2.80. The van der Waals surface area contributed by atoms with E-state index < -0.39 is 17.2 Å². The molecule has 31 heavy (non-hydrogen) atoms. The zero-order chi connectivity index (χ0) is 22.9. The molecule has 1 aliphatic rings. The third-order valence-electron chi connectivity index (χ3n) is 4.87. The molecule has 0 radical (unpaired) electrons. The van der Waals surface area contributed by atoms with Crippen molar-refractivity contribution in [2.24, 2.45) is 4.99 Å². The van der Waals surface area contributed by atoms with Crippen LogP contribution in [0.25, 0.3) is 0 Å². The number of rotatable bonds is 8. The molecule has 9 heteroatoms. The van der Waals surface area contributed by atoms with E-state index in [0.717, 1.165) is 56.5 Å². The molecular weight excluding hydrogens is 394 g/mol. The van der Waals surface area contributed by atoms with E-state index in [4.69, 9.17) is 4.74 Å². The first-order chi connectivity index (χ1) is 14.6. The van der Waals surface area contributed by atoms with Gasteiger partial charge in [-0.1, -0.05) is 6.42 Å². The number of carbonyl (C=O) groups is 1. The third-order valence-corrected chi connectivity index (χ3v) is 4.87. The van der Waals surface area contributed by atoms with E-state index in [9.17, 15) is 4.79 Å². The van der Waals surface area contributed by atoms with Crippen LogP contribution in [0.5, 0.6) is 0 Å². The number of nitrogens with one attached hydrogen (secondary N) is 3. The van der Waals surface area contributed by atoms with Crippen molar-refractivity contribution in [2.45, 2.75) is 97.8 Å². The van der Waals surface area contributed by atoms with Crippen molar-refractivity contribution >= 4 is 12.1 Å². The van der Waals surface area contributed by atoms with Crippen molar-refractivity contribution in [1.29, 1.82) is 0 Å². The molecule has 0 bridgehead atoms. The monoisotopic (exact) mass is 435 g/mol. The fraction of sp³-hybridized carbons (Fsp3) is 0.818. The summed E-state index contributed by atoms with van der Waals surface area (Å²) in [6.07, 6.45) is 6.13. The molecule has 2 rings (SSSR count). The Morgan fingerprint density at radius 1 is 1.13 bits per heavy atom. The first-order valence-electron chi connectivity index (χ1n) is 11.5. The molecule has 1 aliphatic heterocycles. The quantitative estimate of drug-likeness (QED) is 0.329. The molecule has 176 valence electrons. The van der Waals surface area contributed by atoms with Crippen molar-refractivity contribution in [1.82, 2.24) is 30.7 Å². The maximum absolute atomic E-state index is 12.1. The Morgan fingerprint density at radius 2 is 1.90 bits per heavy atom. The van der Waals surface area contributed by atoms with Gasteiger partial charge in [0.05, 0.1) is 12.1 Å². The average Bonchev–Trinajstić information content (AvgIpc) is 2.87. The van der Waals surface area contributed by atoms with Crippen LogP contribution in [0, 0.1) is 0 Å². The zero-order valence-electron chi connectivity index (χ0n) is 20.2. The number of aromatic nitrogens is 3. The zero-order valence-corrected chi connectivity index (χ0v) is 20.2. The van der Waals surface area contributed by atoms with E-state index in [-0.39, 0.29) is 0 Å². The molecule has 3 N–H and O–H groups in total. The predicted molar refractivity (Wildman–Crippen MR) is 123 cm³/mol. The number of guanidine groups is 1. The highest BCUT2D eigenvalue weighted by atomic mass is 16.6.